The van der Waals surface area contributed by atoms with E-state index in [1.165, 1.54) is 6.07 Å². The van der Waals surface area contributed by atoms with E-state index in [4.69, 9.17) is 9.47 Å². The van der Waals surface area contributed by atoms with Crippen molar-refractivity contribution in [2.45, 2.75) is 65.1 Å². The zero-order valence-electron chi connectivity index (χ0n) is 19.3. The van der Waals surface area contributed by atoms with Gasteiger partial charge in [-0.15, -0.1) is 0 Å². The lowest BCUT2D eigenvalue weighted by atomic mass is 10.0. The van der Waals surface area contributed by atoms with Crippen LogP contribution in [0.5, 0.6) is 0 Å². The van der Waals surface area contributed by atoms with Gasteiger partial charge in [-0.3, -0.25) is 4.79 Å². The first-order valence-electron chi connectivity index (χ1n) is 10.7. The van der Waals surface area contributed by atoms with Crippen molar-refractivity contribution in [1.29, 1.82) is 0 Å². The fourth-order valence-corrected chi connectivity index (χ4v) is 3.54. The molecule has 2 aromatic rings. The summed E-state index contributed by atoms with van der Waals surface area (Å²) in [4.78, 5) is 21.5. The van der Waals surface area contributed by atoms with E-state index >= 15 is 0 Å². The van der Waals surface area contributed by atoms with Gasteiger partial charge in [-0.05, 0) is 52.3 Å². The third-order valence-electron chi connectivity index (χ3n) is 4.90. The molecule has 180 valence electrons. The smallest absolute Gasteiger partial charge is 0.363 e. The Labute approximate surface area is 191 Å². The summed E-state index contributed by atoms with van der Waals surface area (Å²) in [7, 11) is 0. The van der Waals surface area contributed by atoms with Gasteiger partial charge in [0.15, 0.2) is 6.29 Å². The molecule has 1 atom stereocenters. The number of nitrogens with one attached hydrogen (secondary N) is 2. The molecule has 7 nitrogen and oxygen atoms in total. The Morgan fingerprint density at radius 1 is 1.18 bits per heavy atom. The van der Waals surface area contributed by atoms with Gasteiger partial charge in [-0.2, -0.15) is 13.2 Å². The van der Waals surface area contributed by atoms with Crippen molar-refractivity contribution in [2.24, 2.45) is 0 Å². The Morgan fingerprint density at radius 2 is 1.85 bits per heavy atom. The maximum atomic E-state index is 13.2. The van der Waals surface area contributed by atoms with Gasteiger partial charge in [0.25, 0.3) is 0 Å². The van der Waals surface area contributed by atoms with E-state index < -0.39 is 29.6 Å². The summed E-state index contributed by atoms with van der Waals surface area (Å²) in [6, 6.07) is 4.60. The number of halogens is 3. The number of hydrogen-bond acceptors (Lipinski definition) is 6. The quantitative estimate of drug-likeness (QED) is 0.653. The van der Waals surface area contributed by atoms with Gasteiger partial charge in [0.1, 0.15) is 11.6 Å². The summed E-state index contributed by atoms with van der Waals surface area (Å²) < 4.78 is 50.8. The largest absolute Gasteiger partial charge is 0.416 e. The van der Waals surface area contributed by atoms with Crippen molar-refractivity contribution in [3.63, 3.8) is 0 Å². The van der Waals surface area contributed by atoms with E-state index in [1.54, 1.807) is 19.9 Å². The van der Waals surface area contributed by atoms with Gasteiger partial charge in [-0.1, -0.05) is 12.1 Å². The summed E-state index contributed by atoms with van der Waals surface area (Å²) >= 11 is 0. The second-order valence-corrected chi connectivity index (χ2v) is 9.02. The number of rotatable bonds is 6. The van der Waals surface area contributed by atoms with Gasteiger partial charge >= 0.3 is 6.18 Å². The molecule has 1 aromatic heterocycles. The van der Waals surface area contributed by atoms with Crippen LogP contribution in [0.4, 0.5) is 19.0 Å². The standard InChI is InChI=1S/C23H29F3N4O3/c1-13(15-7-6-8-16(11-15)23(24,25)26)27-20-19(21-32-9-10-33-21)17(28-14(2)29-20)12-18(31)30-22(3,4)5/h6-8,11,13,21H,9-10,12H2,1-5H3,(H,30,31)(H,27,28,29)/t13-/m1/s1. The van der Waals surface area contributed by atoms with Crippen LogP contribution in [-0.4, -0.2) is 34.6 Å². The number of benzene rings is 1. The van der Waals surface area contributed by atoms with Crippen LogP contribution in [0.1, 0.15) is 68.2 Å². The molecule has 0 radical (unpaired) electrons. The van der Waals surface area contributed by atoms with E-state index in [1.807, 2.05) is 20.8 Å². The average Bonchev–Trinajstić information content (AvgIpc) is 3.19. The number of nitrogens with zero attached hydrogens (tertiary/aromatic N) is 2. The predicted molar refractivity (Wildman–Crippen MR) is 116 cm³/mol. The molecule has 1 aliphatic heterocycles. The number of ether oxygens (including phenoxy) is 2. The molecular formula is C23H29F3N4O3. The minimum Gasteiger partial charge on any atom is -0.363 e. The second-order valence-electron chi connectivity index (χ2n) is 9.02. The zero-order valence-corrected chi connectivity index (χ0v) is 19.3. The van der Waals surface area contributed by atoms with Crippen molar-refractivity contribution in [3.05, 3.63) is 52.5 Å². The van der Waals surface area contributed by atoms with E-state index in [-0.39, 0.29) is 12.3 Å². The number of anilines is 1. The number of amides is 1. The second kappa shape index (κ2) is 9.64. The number of aromatic nitrogens is 2. The molecular weight excluding hydrogens is 437 g/mol. The average molecular weight is 467 g/mol. The van der Waals surface area contributed by atoms with E-state index in [0.29, 0.717) is 41.7 Å². The molecule has 0 unspecified atom stereocenters. The van der Waals surface area contributed by atoms with Gasteiger partial charge in [0.05, 0.1) is 36.5 Å². The number of carbonyl (C=O) groups excluding carboxylic acids is 1. The molecule has 0 saturated carbocycles. The molecule has 1 aliphatic rings. The van der Waals surface area contributed by atoms with Crippen LogP contribution in [0.25, 0.3) is 0 Å². The molecule has 2 heterocycles. The van der Waals surface area contributed by atoms with Crippen molar-refractivity contribution in [1.82, 2.24) is 15.3 Å². The third-order valence-corrected chi connectivity index (χ3v) is 4.90. The Balaban J connectivity index is 1.95. The summed E-state index contributed by atoms with van der Waals surface area (Å²) in [5.41, 5.74) is 0.205. The molecule has 0 spiro atoms. The first kappa shape index (κ1) is 24.9. The van der Waals surface area contributed by atoms with Crippen molar-refractivity contribution >= 4 is 11.7 Å². The summed E-state index contributed by atoms with van der Waals surface area (Å²) in [5, 5.41) is 6.08. The normalized spacial score (nSPS) is 16.0. The van der Waals surface area contributed by atoms with Crippen molar-refractivity contribution in [2.75, 3.05) is 18.5 Å². The van der Waals surface area contributed by atoms with Gasteiger partial charge in [0.2, 0.25) is 5.91 Å². The predicted octanol–water partition coefficient (Wildman–Crippen LogP) is 4.48. The van der Waals surface area contributed by atoms with Crippen LogP contribution in [0.15, 0.2) is 24.3 Å². The Hall–Kier alpha value is -2.72. The third kappa shape index (κ3) is 6.64. The maximum Gasteiger partial charge on any atom is 0.416 e. The minimum atomic E-state index is -4.44. The highest BCUT2D eigenvalue weighted by Gasteiger charge is 2.32. The molecule has 3 rings (SSSR count). The molecule has 10 heteroatoms. The SMILES string of the molecule is Cc1nc(CC(=O)NC(C)(C)C)c(C2OCCO2)c(N[C@H](C)c2cccc(C(F)(F)F)c2)n1. The highest BCUT2D eigenvalue weighted by molar-refractivity contribution is 5.79. The number of aryl methyl sites for hydroxylation is 1. The Morgan fingerprint density at radius 3 is 2.45 bits per heavy atom. The Kier molecular flexibility index (Phi) is 7.28. The van der Waals surface area contributed by atoms with Crippen LogP contribution >= 0.6 is 0 Å². The molecule has 1 aromatic carbocycles. The van der Waals surface area contributed by atoms with Crippen LogP contribution in [-0.2, 0) is 26.9 Å². The molecule has 1 saturated heterocycles. The van der Waals surface area contributed by atoms with Crippen molar-refractivity contribution < 1.29 is 27.4 Å². The fraction of sp³-hybridized carbons (Fsp3) is 0.522. The van der Waals surface area contributed by atoms with E-state index in [9.17, 15) is 18.0 Å². The molecule has 2 N–H and O–H groups in total. The monoisotopic (exact) mass is 466 g/mol. The molecule has 1 amide bonds. The van der Waals surface area contributed by atoms with Crippen LogP contribution in [0.2, 0.25) is 0 Å². The molecule has 1 fully saturated rings. The molecule has 0 bridgehead atoms. The number of carbonyl (C=O) groups is 1. The zero-order chi connectivity index (χ0) is 24.4. The maximum absolute atomic E-state index is 13.2. The van der Waals surface area contributed by atoms with Crippen LogP contribution < -0.4 is 10.6 Å². The summed E-state index contributed by atoms with van der Waals surface area (Å²) in [6.45, 7) is 9.80. The lowest BCUT2D eigenvalue weighted by molar-refractivity contribution is -0.137. The molecule has 33 heavy (non-hydrogen) atoms. The topological polar surface area (TPSA) is 85.4 Å². The number of hydrogen-bond donors (Lipinski definition) is 2. The van der Waals surface area contributed by atoms with Gasteiger partial charge < -0.3 is 20.1 Å². The van der Waals surface area contributed by atoms with E-state index in [2.05, 4.69) is 20.6 Å². The lowest BCUT2D eigenvalue weighted by Gasteiger charge is -2.24. The summed E-state index contributed by atoms with van der Waals surface area (Å²) in [5.74, 6) is 0.545. The van der Waals surface area contributed by atoms with Gasteiger partial charge in [0, 0.05) is 11.6 Å². The van der Waals surface area contributed by atoms with Crippen molar-refractivity contribution in [3.8, 4) is 0 Å². The first-order chi connectivity index (χ1) is 15.3. The minimum absolute atomic E-state index is 0.0220. The summed E-state index contributed by atoms with van der Waals surface area (Å²) in [6.07, 6.45) is -5.24. The lowest BCUT2D eigenvalue weighted by Crippen LogP contribution is -2.41. The number of alkyl halides is 3. The molecule has 0 aliphatic carbocycles. The fourth-order valence-electron chi connectivity index (χ4n) is 3.54. The van der Waals surface area contributed by atoms with E-state index in [0.717, 1.165) is 12.1 Å². The van der Waals surface area contributed by atoms with Crippen LogP contribution in [0, 0.1) is 6.92 Å². The highest BCUT2D eigenvalue weighted by Crippen LogP contribution is 2.35. The van der Waals surface area contributed by atoms with Gasteiger partial charge in [-0.25, -0.2) is 9.97 Å². The highest BCUT2D eigenvalue weighted by atomic mass is 19.4. The Bertz CT molecular complexity index is 999. The van der Waals surface area contributed by atoms with Crippen LogP contribution in [0.3, 0.4) is 0 Å². The first-order valence-corrected chi connectivity index (χ1v) is 10.7.